The van der Waals surface area contributed by atoms with Gasteiger partial charge in [-0.2, -0.15) is 0 Å². The van der Waals surface area contributed by atoms with E-state index < -0.39 is 5.97 Å². The molecule has 0 amide bonds. The second-order valence-electron chi connectivity index (χ2n) is 5.29. The molecule has 2 rings (SSSR count). The van der Waals surface area contributed by atoms with Crippen LogP contribution in [0.25, 0.3) is 0 Å². The van der Waals surface area contributed by atoms with Crippen molar-refractivity contribution in [3.63, 3.8) is 0 Å². The van der Waals surface area contributed by atoms with Crippen molar-refractivity contribution in [3.8, 4) is 5.75 Å². The summed E-state index contributed by atoms with van der Waals surface area (Å²) in [6.07, 6.45) is 0.957. The molecular formula is C18H20BrNO3. The number of nitrogens with one attached hydrogen (secondary N) is 1. The lowest BCUT2D eigenvalue weighted by atomic mass is 10.1. The maximum absolute atomic E-state index is 11.0. The molecule has 0 radical (unpaired) electrons. The fourth-order valence-corrected chi connectivity index (χ4v) is 2.63. The molecule has 0 unspecified atom stereocenters. The summed E-state index contributed by atoms with van der Waals surface area (Å²) in [4.78, 5) is 11.0. The van der Waals surface area contributed by atoms with Crippen molar-refractivity contribution in [2.45, 2.75) is 26.8 Å². The largest absolute Gasteiger partial charge is 0.493 e. The van der Waals surface area contributed by atoms with Crippen molar-refractivity contribution in [2.75, 3.05) is 11.9 Å². The van der Waals surface area contributed by atoms with Crippen LogP contribution in [0.4, 0.5) is 5.69 Å². The van der Waals surface area contributed by atoms with Crippen molar-refractivity contribution >= 4 is 27.6 Å². The van der Waals surface area contributed by atoms with Gasteiger partial charge >= 0.3 is 5.97 Å². The van der Waals surface area contributed by atoms with Gasteiger partial charge in [0.25, 0.3) is 0 Å². The maximum Gasteiger partial charge on any atom is 0.335 e. The highest BCUT2D eigenvalue weighted by atomic mass is 79.9. The molecule has 0 saturated carbocycles. The highest BCUT2D eigenvalue weighted by Gasteiger charge is 2.08. The molecule has 5 heteroatoms. The minimum absolute atomic E-state index is 0.294. The van der Waals surface area contributed by atoms with Crippen molar-refractivity contribution in [2.24, 2.45) is 0 Å². The van der Waals surface area contributed by atoms with Crippen molar-refractivity contribution in [3.05, 3.63) is 57.6 Å². The number of hydrogen-bond acceptors (Lipinski definition) is 3. The maximum atomic E-state index is 11.0. The van der Waals surface area contributed by atoms with E-state index in [0.29, 0.717) is 18.7 Å². The van der Waals surface area contributed by atoms with E-state index in [1.54, 1.807) is 18.2 Å². The summed E-state index contributed by atoms with van der Waals surface area (Å²) in [7, 11) is 0. The van der Waals surface area contributed by atoms with Crippen molar-refractivity contribution in [1.29, 1.82) is 0 Å². The summed E-state index contributed by atoms with van der Waals surface area (Å²) in [6, 6.07) is 11.0. The molecule has 0 bridgehead atoms. The van der Waals surface area contributed by atoms with Gasteiger partial charge in [-0.3, -0.25) is 0 Å². The fourth-order valence-electron chi connectivity index (χ4n) is 2.22. The van der Waals surface area contributed by atoms with E-state index in [0.717, 1.165) is 33.5 Å². The second-order valence-corrected chi connectivity index (χ2v) is 6.20. The molecule has 2 aromatic rings. The van der Waals surface area contributed by atoms with Gasteiger partial charge in [-0.25, -0.2) is 4.79 Å². The number of aromatic carboxylic acids is 1. The van der Waals surface area contributed by atoms with Crippen LogP contribution in [0.15, 0.2) is 40.9 Å². The number of benzene rings is 2. The lowest BCUT2D eigenvalue weighted by Gasteiger charge is -2.14. The minimum atomic E-state index is -0.915. The van der Waals surface area contributed by atoms with E-state index in [9.17, 15) is 4.79 Å². The van der Waals surface area contributed by atoms with E-state index in [1.165, 1.54) is 0 Å². The second kappa shape index (κ2) is 8.02. The third kappa shape index (κ3) is 4.73. The van der Waals surface area contributed by atoms with Gasteiger partial charge in [0.1, 0.15) is 5.75 Å². The molecule has 0 aromatic heterocycles. The monoisotopic (exact) mass is 377 g/mol. The van der Waals surface area contributed by atoms with Gasteiger partial charge in [0.15, 0.2) is 0 Å². The van der Waals surface area contributed by atoms with Gasteiger partial charge in [0, 0.05) is 22.3 Å². The van der Waals surface area contributed by atoms with E-state index in [2.05, 4.69) is 28.2 Å². The van der Waals surface area contributed by atoms with Gasteiger partial charge < -0.3 is 15.2 Å². The molecular weight excluding hydrogens is 358 g/mol. The van der Waals surface area contributed by atoms with E-state index in [-0.39, 0.29) is 0 Å². The van der Waals surface area contributed by atoms with Gasteiger partial charge in [-0.15, -0.1) is 0 Å². The summed E-state index contributed by atoms with van der Waals surface area (Å²) in [6.45, 7) is 5.25. The molecule has 0 fully saturated rings. The predicted octanol–water partition coefficient (Wildman–Crippen LogP) is 4.86. The Bertz CT molecular complexity index is 701. The average Bonchev–Trinajstić information content (AvgIpc) is 2.52. The first-order valence-electron chi connectivity index (χ1n) is 7.50. The molecule has 122 valence electrons. The van der Waals surface area contributed by atoms with Gasteiger partial charge in [-0.1, -0.05) is 22.9 Å². The quantitative estimate of drug-likeness (QED) is 0.723. The topological polar surface area (TPSA) is 58.6 Å². The Morgan fingerprint density at radius 1 is 1.26 bits per heavy atom. The first kappa shape index (κ1) is 17.3. The molecule has 0 aliphatic carbocycles. The van der Waals surface area contributed by atoms with Crippen LogP contribution in [-0.2, 0) is 6.54 Å². The molecule has 2 N–H and O–H groups in total. The summed E-state index contributed by atoms with van der Waals surface area (Å²) in [5, 5.41) is 12.4. The normalized spacial score (nSPS) is 10.4. The molecule has 0 aliphatic rings. The number of anilines is 1. The molecule has 0 heterocycles. The third-order valence-electron chi connectivity index (χ3n) is 3.43. The van der Waals surface area contributed by atoms with Crippen LogP contribution in [0.1, 0.15) is 34.8 Å². The number of rotatable bonds is 7. The highest BCUT2D eigenvalue weighted by molar-refractivity contribution is 9.10. The van der Waals surface area contributed by atoms with Crippen LogP contribution in [0.5, 0.6) is 5.75 Å². The van der Waals surface area contributed by atoms with Gasteiger partial charge in [0.05, 0.1) is 12.2 Å². The highest BCUT2D eigenvalue weighted by Crippen LogP contribution is 2.25. The van der Waals surface area contributed by atoms with Crippen LogP contribution >= 0.6 is 15.9 Å². The third-order valence-corrected chi connectivity index (χ3v) is 3.92. The molecule has 0 saturated heterocycles. The summed E-state index contributed by atoms with van der Waals surface area (Å²) >= 11 is 3.48. The Balaban J connectivity index is 2.14. The Kier molecular flexibility index (Phi) is 6.04. The zero-order valence-electron chi connectivity index (χ0n) is 13.2. The fraction of sp³-hybridized carbons (Fsp3) is 0.278. The summed E-state index contributed by atoms with van der Waals surface area (Å²) < 4.78 is 6.77. The van der Waals surface area contributed by atoms with Crippen LogP contribution in [-0.4, -0.2) is 17.7 Å². The standard InChI is InChI=1S/C18H20BrNO3/c1-3-8-23-17-7-5-15(19)10-14(17)11-20-16-6-4-13(18(21)22)9-12(16)2/h4-7,9-10,20H,3,8,11H2,1-2H3,(H,21,22). The van der Waals surface area contributed by atoms with Gasteiger partial charge in [-0.05, 0) is 55.3 Å². The number of carboxylic acids is 1. The lowest BCUT2D eigenvalue weighted by Crippen LogP contribution is -2.06. The SMILES string of the molecule is CCCOc1ccc(Br)cc1CNc1ccc(C(=O)O)cc1C. The van der Waals surface area contributed by atoms with Crippen LogP contribution in [0.2, 0.25) is 0 Å². The zero-order valence-corrected chi connectivity index (χ0v) is 14.8. The van der Waals surface area contributed by atoms with E-state index in [4.69, 9.17) is 9.84 Å². The van der Waals surface area contributed by atoms with Crippen LogP contribution in [0.3, 0.4) is 0 Å². The molecule has 0 spiro atoms. The smallest absolute Gasteiger partial charge is 0.335 e. The van der Waals surface area contributed by atoms with Gasteiger partial charge in [0.2, 0.25) is 0 Å². The minimum Gasteiger partial charge on any atom is -0.493 e. The number of aryl methyl sites for hydroxylation is 1. The summed E-state index contributed by atoms with van der Waals surface area (Å²) in [5.74, 6) is -0.0516. The summed E-state index contributed by atoms with van der Waals surface area (Å²) in [5.41, 5.74) is 3.16. The molecule has 4 nitrogen and oxygen atoms in total. The predicted molar refractivity (Wildman–Crippen MR) is 95.4 cm³/mol. The van der Waals surface area contributed by atoms with Crippen LogP contribution < -0.4 is 10.1 Å². The zero-order chi connectivity index (χ0) is 16.8. The average molecular weight is 378 g/mol. The Morgan fingerprint density at radius 3 is 2.70 bits per heavy atom. The number of ether oxygens (including phenoxy) is 1. The Morgan fingerprint density at radius 2 is 2.04 bits per heavy atom. The van der Waals surface area contributed by atoms with Crippen molar-refractivity contribution < 1.29 is 14.6 Å². The molecule has 2 aromatic carbocycles. The lowest BCUT2D eigenvalue weighted by molar-refractivity contribution is 0.0697. The van der Waals surface area contributed by atoms with E-state index >= 15 is 0 Å². The molecule has 23 heavy (non-hydrogen) atoms. The van der Waals surface area contributed by atoms with Crippen molar-refractivity contribution in [1.82, 2.24) is 0 Å². The number of halogens is 1. The molecule has 0 aliphatic heterocycles. The number of carboxylic acid groups (broad SMARTS) is 1. The molecule has 0 atom stereocenters. The van der Waals surface area contributed by atoms with E-state index in [1.807, 2.05) is 25.1 Å². The first-order valence-corrected chi connectivity index (χ1v) is 8.29. The number of carbonyl (C=O) groups is 1. The Labute approximate surface area is 144 Å². The first-order chi connectivity index (χ1) is 11.0. The van der Waals surface area contributed by atoms with Crippen LogP contribution in [0, 0.1) is 6.92 Å². The Hall–Kier alpha value is -2.01. The number of hydrogen-bond donors (Lipinski definition) is 2.